The number of carbonyl (C=O) groups is 2. The molecule has 2 heterocycles. The van der Waals surface area contributed by atoms with Gasteiger partial charge in [0.25, 0.3) is 0 Å². The summed E-state index contributed by atoms with van der Waals surface area (Å²) in [6, 6.07) is -0.440. The van der Waals surface area contributed by atoms with Gasteiger partial charge in [0.05, 0.1) is 6.61 Å². The lowest BCUT2D eigenvalue weighted by Crippen LogP contribution is -2.47. The van der Waals surface area contributed by atoms with Crippen molar-refractivity contribution in [3.05, 3.63) is 12.3 Å². The first kappa shape index (κ1) is 16.8. The van der Waals surface area contributed by atoms with Gasteiger partial charge in [0.2, 0.25) is 0 Å². The molecule has 9 nitrogen and oxygen atoms in total. The van der Waals surface area contributed by atoms with Crippen LogP contribution in [0.5, 0.6) is 0 Å². The fraction of sp³-hybridized carbons (Fsp3) is 0.692. The van der Waals surface area contributed by atoms with Crippen LogP contribution in [-0.4, -0.2) is 61.2 Å². The lowest BCUT2D eigenvalue weighted by atomic mass is 10.1. The van der Waals surface area contributed by atoms with E-state index in [9.17, 15) is 9.59 Å². The molecular formula is C13H21N3O6. The van der Waals surface area contributed by atoms with Crippen LogP contribution in [0.3, 0.4) is 0 Å². The standard InChI is InChI=1S/C13H21N3O6/c1-13(2)21-9-8(7-19-14)20-11(10(9)22-13)16(5-4-6-17)12(18)15-3/h4-6,8-11H,7,14H2,1-3H3,(H,15,18)/b5-4-/t8-,9-,10-,11-/m1/s1. The van der Waals surface area contributed by atoms with E-state index < -0.39 is 36.4 Å². The van der Waals surface area contributed by atoms with Gasteiger partial charge in [-0.25, -0.2) is 10.7 Å². The number of allylic oxidation sites excluding steroid dienone is 1. The Hall–Kier alpha value is -1.52. The van der Waals surface area contributed by atoms with Gasteiger partial charge in [-0.1, -0.05) is 0 Å². The van der Waals surface area contributed by atoms with Crippen LogP contribution in [-0.2, 0) is 23.8 Å². The third-order valence-corrected chi connectivity index (χ3v) is 3.43. The van der Waals surface area contributed by atoms with E-state index in [1.165, 1.54) is 24.2 Å². The predicted octanol–water partition coefficient (Wildman–Crippen LogP) is -0.524. The van der Waals surface area contributed by atoms with Crippen molar-refractivity contribution in [1.82, 2.24) is 10.2 Å². The average Bonchev–Trinajstić information content (AvgIpc) is 2.94. The Morgan fingerprint density at radius 3 is 2.68 bits per heavy atom. The van der Waals surface area contributed by atoms with Gasteiger partial charge in [-0.05, 0) is 19.9 Å². The van der Waals surface area contributed by atoms with Crippen molar-refractivity contribution < 1.29 is 28.6 Å². The molecule has 9 heteroatoms. The topological polar surface area (TPSA) is 112 Å². The molecule has 3 N–H and O–H groups in total. The van der Waals surface area contributed by atoms with Gasteiger partial charge in [0.1, 0.15) is 24.6 Å². The van der Waals surface area contributed by atoms with Crippen LogP contribution in [0.25, 0.3) is 0 Å². The molecule has 2 aliphatic heterocycles. The van der Waals surface area contributed by atoms with Crippen molar-refractivity contribution in [3.8, 4) is 0 Å². The van der Waals surface area contributed by atoms with Crippen LogP contribution in [0.15, 0.2) is 12.3 Å². The summed E-state index contributed by atoms with van der Waals surface area (Å²) >= 11 is 0. The average molecular weight is 315 g/mol. The third kappa shape index (κ3) is 3.28. The minimum Gasteiger partial charge on any atom is -0.346 e. The Labute approximate surface area is 128 Å². The van der Waals surface area contributed by atoms with E-state index in [1.54, 1.807) is 13.8 Å². The molecule has 2 amide bonds. The van der Waals surface area contributed by atoms with Crippen LogP contribution in [0, 0.1) is 0 Å². The summed E-state index contributed by atoms with van der Waals surface area (Å²) in [5.41, 5.74) is 0. The minimum absolute atomic E-state index is 0.0933. The molecule has 0 aromatic heterocycles. The van der Waals surface area contributed by atoms with Crippen molar-refractivity contribution in [2.24, 2.45) is 5.90 Å². The molecule has 2 aliphatic rings. The summed E-state index contributed by atoms with van der Waals surface area (Å²) in [7, 11) is 1.48. The molecule has 2 fully saturated rings. The summed E-state index contributed by atoms with van der Waals surface area (Å²) < 4.78 is 17.4. The van der Waals surface area contributed by atoms with Crippen molar-refractivity contribution in [3.63, 3.8) is 0 Å². The minimum atomic E-state index is -0.813. The molecule has 124 valence electrons. The van der Waals surface area contributed by atoms with Crippen molar-refractivity contribution >= 4 is 12.3 Å². The number of nitrogens with one attached hydrogen (secondary N) is 1. The number of nitrogens with two attached hydrogens (primary N) is 1. The van der Waals surface area contributed by atoms with E-state index in [4.69, 9.17) is 20.1 Å². The van der Waals surface area contributed by atoms with E-state index >= 15 is 0 Å². The molecule has 4 atom stereocenters. The number of ether oxygens (including phenoxy) is 3. The van der Waals surface area contributed by atoms with Gasteiger partial charge >= 0.3 is 6.03 Å². The SMILES string of the molecule is CNC(=O)N(/C=C\C=O)[C@@H]1O[C@H](CON)[C@H]2OC(C)(C)O[C@H]21. The van der Waals surface area contributed by atoms with Gasteiger partial charge < -0.3 is 24.4 Å². The summed E-state index contributed by atoms with van der Waals surface area (Å²) in [4.78, 5) is 28.5. The smallest absolute Gasteiger partial charge is 0.323 e. The zero-order valence-electron chi connectivity index (χ0n) is 12.7. The van der Waals surface area contributed by atoms with Gasteiger partial charge in [-0.3, -0.25) is 9.69 Å². The van der Waals surface area contributed by atoms with Gasteiger partial charge in [0.15, 0.2) is 12.0 Å². The number of nitrogens with zero attached hydrogens (tertiary/aromatic N) is 1. The molecule has 0 aliphatic carbocycles. The van der Waals surface area contributed by atoms with E-state index in [0.717, 1.165) is 0 Å². The van der Waals surface area contributed by atoms with E-state index in [0.29, 0.717) is 6.29 Å². The Bertz CT molecular complexity index is 455. The summed E-state index contributed by atoms with van der Waals surface area (Å²) in [5, 5.41) is 2.49. The molecule has 2 saturated heterocycles. The highest BCUT2D eigenvalue weighted by Gasteiger charge is 2.57. The summed E-state index contributed by atoms with van der Waals surface area (Å²) in [6.45, 7) is 3.64. The normalized spacial score (nSPS) is 32.9. The first-order chi connectivity index (χ1) is 10.4. The second-order valence-corrected chi connectivity index (χ2v) is 5.40. The number of urea groups is 1. The molecule has 0 radical (unpaired) electrons. The lowest BCUT2D eigenvalue weighted by molar-refractivity contribution is -0.203. The van der Waals surface area contributed by atoms with Crippen LogP contribution < -0.4 is 11.2 Å². The van der Waals surface area contributed by atoms with Crippen molar-refractivity contribution in [1.29, 1.82) is 0 Å². The van der Waals surface area contributed by atoms with Gasteiger partial charge in [-0.2, -0.15) is 0 Å². The largest absolute Gasteiger partial charge is 0.346 e. The third-order valence-electron chi connectivity index (χ3n) is 3.43. The Kier molecular flexibility index (Phi) is 5.14. The molecule has 0 bridgehead atoms. The van der Waals surface area contributed by atoms with E-state index in [1.807, 2.05) is 0 Å². The Morgan fingerprint density at radius 2 is 2.09 bits per heavy atom. The quantitative estimate of drug-likeness (QED) is 0.398. The predicted molar refractivity (Wildman–Crippen MR) is 74.1 cm³/mol. The second-order valence-electron chi connectivity index (χ2n) is 5.40. The van der Waals surface area contributed by atoms with Crippen LogP contribution in [0.2, 0.25) is 0 Å². The summed E-state index contributed by atoms with van der Waals surface area (Å²) in [5.74, 6) is 4.30. The van der Waals surface area contributed by atoms with Crippen LogP contribution in [0.1, 0.15) is 13.8 Å². The van der Waals surface area contributed by atoms with Gasteiger partial charge in [0, 0.05) is 13.2 Å². The number of carbonyl (C=O) groups excluding carboxylic acids is 2. The van der Waals surface area contributed by atoms with Crippen molar-refractivity contribution in [2.75, 3.05) is 13.7 Å². The monoisotopic (exact) mass is 315 g/mol. The molecule has 2 rings (SSSR count). The molecule has 0 spiro atoms. The fourth-order valence-corrected chi connectivity index (χ4v) is 2.64. The molecule has 0 aromatic rings. The highest BCUT2D eigenvalue weighted by molar-refractivity contribution is 5.76. The molecule has 22 heavy (non-hydrogen) atoms. The number of amides is 2. The van der Waals surface area contributed by atoms with E-state index in [2.05, 4.69) is 10.2 Å². The maximum atomic E-state index is 12.0. The number of rotatable bonds is 5. The highest BCUT2D eigenvalue weighted by Crippen LogP contribution is 2.39. The first-order valence-electron chi connectivity index (χ1n) is 6.88. The molecule has 0 unspecified atom stereocenters. The Morgan fingerprint density at radius 1 is 1.41 bits per heavy atom. The van der Waals surface area contributed by atoms with Crippen LogP contribution in [0.4, 0.5) is 4.79 Å². The number of fused-ring (bicyclic) bond motifs is 1. The molecule has 0 aromatic carbocycles. The molecule has 0 saturated carbocycles. The maximum Gasteiger partial charge on any atom is 0.323 e. The zero-order chi connectivity index (χ0) is 16.3. The van der Waals surface area contributed by atoms with E-state index in [-0.39, 0.29) is 6.61 Å². The van der Waals surface area contributed by atoms with Crippen molar-refractivity contribution in [2.45, 2.75) is 44.2 Å². The Balaban J connectivity index is 2.25. The summed E-state index contributed by atoms with van der Waals surface area (Å²) in [6.07, 6.45) is 0.888. The van der Waals surface area contributed by atoms with Gasteiger partial charge in [-0.15, -0.1) is 0 Å². The van der Waals surface area contributed by atoms with Crippen LogP contribution >= 0.6 is 0 Å². The zero-order valence-corrected chi connectivity index (χ0v) is 12.7. The fourth-order valence-electron chi connectivity index (χ4n) is 2.64. The number of aldehydes is 1. The number of hydrogen-bond acceptors (Lipinski definition) is 7. The second kappa shape index (κ2) is 6.71. The molecular weight excluding hydrogens is 294 g/mol. The number of hydrogen-bond donors (Lipinski definition) is 2. The first-order valence-corrected chi connectivity index (χ1v) is 6.88. The lowest BCUT2D eigenvalue weighted by Gasteiger charge is -2.29. The highest BCUT2D eigenvalue weighted by atomic mass is 16.8. The maximum absolute atomic E-state index is 12.0.